The molecule has 7 heteroatoms. The number of methoxy groups -OCH3 is 1. The summed E-state index contributed by atoms with van der Waals surface area (Å²) < 4.78 is 24.2. The molecule has 0 radical (unpaired) electrons. The number of hydrogen-bond acceptors (Lipinski definition) is 6. The topological polar surface area (TPSA) is 87.3 Å². The van der Waals surface area contributed by atoms with E-state index >= 15 is 0 Å². The molecule has 30 heavy (non-hydrogen) atoms. The van der Waals surface area contributed by atoms with Crippen LogP contribution in [0.25, 0.3) is 21.9 Å². The first-order chi connectivity index (χ1) is 14.6. The van der Waals surface area contributed by atoms with E-state index in [1.807, 2.05) is 30.3 Å². The molecule has 0 aliphatic carbocycles. The number of anilines is 1. The average Bonchev–Trinajstić information content (AvgIpc) is 2.78. The van der Waals surface area contributed by atoms with Crippen LogP contribution >= 0.6 is 0 Å². The molecule has 0 aliphatic heterocycles. The Kier molecular flexibility index (Phi) is 5.26. The van der Waals surface area contributed by atoms with Gasteiger partial charge in [0.15, 0.2) is 11.4 Å². The van der Waals surface area contributed by atoms with Gasteiger partial charge in [-0.2, -0.15) is 0 Å². The molecule has 150 valence electrons. The third-order valence-corrected chi connectivity index (χ3v) is 4.65. The molecule has 2 aromatic heterocycles. The normalized spacial score (nSPS) is 10.7. The lowest BCUT2D eigenvalue weighted by molar-refractivity contribution is 0.0589. The van der Waals surface area contributed by atoms with Crippen LogP contribution in [0.1, 0.15) is 16.1 Å². The van der Waals surface area contributed by atoms with Crippen molar-refractivity contribution in [2.24, 2.45) is 0 Å². The number of fused-ring (bicyclic) bond motifs is 1. The zero-order valence-corrected chi connectivity index (χ0v) is 16.1. The van der Waals surface area contributed by atoms with Gasteiger partial charge in [0.25, 0.3) is 0 Å². The van der Waals surface area contributed by atoms with Gasteiger partial charge in [-0.05, 0) is 23.3 Å². The number of esters is 1. The van der Waals surface area contributed by atoms with E-state index in [0.29, 0.717) is 21.9 Å². The lowest BCUT2D eigenvalue weighted by Crippen LogP contribution is -2.11. The molecular formula is C23H18FN3O3. The largest absolute Gasteiger partial charge is 0.486 e. The molecule has 6 nitrogen and oxygen atoms in total. The standard InChI is InChI=1S/C23H18FN3O3/c1-29-23(28)20-21(30-13-14-5-3-2-4-6-14)18-12-26-11-17(19(18)22(25)27-20)15-7-9-16(24)10-8-15/h2-12H,13H2,1H3,(H2,25,27). The average molecular weight is 403 g/mol. The molecule has 0 fully saturated rings. The van der Waals surface area contributed by atoms with E-state index in [9.17, 15) is 9.18 Å². The van der Waals surface area contributed by atoms with Crippen LogP contribution in [-0.2, 0) is 11.3 Å². The summed E-state index contributed by atoms with van der Waals surface area (Å²) in [7, 11) is 1.26. The Balaban J connectivity index is 1.90. The maximum atomic E-state index is 13.4. The molecule has 0 saturated carbocycles. The van der Waals surface area contributed by atoms with Crippen LogP contribution in [0, 0.1) is 5.82 Å². The molecule has 2 N–H and O–H groups in total. The summed E-state index contributed by atoms with van der Waals surface area (Å²) in [6.45, 7) is 0.215. The molecule has 2 aromatic carbocycles. The Labute approximate surface area is 172 Å². The highest BCUT2D eigenvalue weighted by Crippen LogP contribution is 2.38. The second-order valence-electron chi connectivity index (χ2n) is 6.56. The second-order valence-corrected chi connectivity index (χ2v) is 6.56. The van der Waals surface area contributed by atoms with E-state index in [0.717, 1.165) is 5.56 Å². The molecule has 0 unspecified atom stereocenters. The van der Waals surface area contributed by atoms with Crippen LogP contribution in [-0.4, -0.2) is 23.0 Å². The number of nitrogen functional groups attached to an aromatic ring is 1. The molecule has 0 amide bonds. The van der Waals surface area contributed by atoms with E-state index < -0.39 is 5.97 Å². The molecule has 4 aromatic rings. The van der Waals surface area contributed by atoms with E-state index in [4.69, 9.17) is 15.2 Å². The molecule has 0 aliphatic rings. The highest BCUT2D eigenvalue weighted by molar-refractivity contribution is 6.09. The summed E-state index contributed by atoms with van der Waals surface area (Å²) in [4.78, 5) is 20.9. The van der Waals surface area contributed by atoms with E-state index in [1.165, 1.54) is 19.2 Å². The number of nitrogens with two attached hydrogens (primary N) is 1. The van der Waals surface area contributed by atoms with Crippen molar-refractivity contribution in [1.29, 1.82) is 0 Å². The van der Waals surface area contributed by atoms with Gasteiger partial charge in [-0.1, -0.05) is 42.5 Å². The van der Waals surface area contributed by atoms with Gasteiger partial charge in [0, 0.05) is 28.7 Å². The zero-order chi connectivity index (χ0) is 21.1. The van der Waals surface area contributed by atoms with Crippen LogP contribution in [0.4, 0.5) is 10.2 Å². The van der Waals surface area contributed by atoms with Crippen molar-refractivity contribution in [2.75, 3.05) is 12.8 Å². The van der Waals surface area contributed by atoms with Crippen LogP contribution < -0.4 is 10.5 Å². The number of ether oxygens (including phenoxy) is 2. The van der Waals surface area contributed by atoms with Crippen LogP contribution in [0.15, 0.2) is 67.0 Å². The Morgan fingerprint density at radius 3 is 2.50 bits per heavy atom. The fraction of sp³-hybridized carbons (Fsp3) is 0.0870. The third kappa shape index (κ3) is 3.65. The van der Waals surface area contributed by atoms with Crippen molar-refractivity contribution in [2.45, 2.75) is 6.61 Å². The SMILES string of the molecule is COC(=O)c1nc(N)c2c(-c3ccc(F)cc3)cncc2c1OCc1ccccc1. The van der Waals surface area contributed by atoms with Crippen molar-refractivity contribution >= 4 is 22.6 Å². The predicted molar refractivity (Wildman–Crippen MR) is 111 cm³/mol. The Bertz CT molecular complexity index is 1210. The lowest BCUT2D eigenvalue weighted by atomic mass is 10.0. The van der Waals surface area contributed by atoms with Gasteiger partial charge in [-0.15, -0.1) is 0 Å². The molecule has 0 bridgehead atoms. The minimum atomic E-state index is -0.668. The monoisotopic (exact) mass is 403 g/mol. The fourth-order valence-corrected chi connectivity index (χ4v) is 3.22. The summed E-state index contributed by atoms with van der Waals surface area (Å²) in [5.74, 6) is -0.665. The van der Waals surface area contributed by atoms with Crippen LogP contribution in [0.3, 0.4) is 0 Å². The number of hydrogen-bond donors (Lipinski definition) is 1. The molecule has 0 spiro atoms. The summed E-state index contributed by atoms with van der Waals surface area (Å²) >= 11 is 0. The number of pyridine rings is 2. The first-order valence-corrected chi connectivity index (χ1v) is 9.16. The third-order valence-electron chi connectivity index (χ3n) is 4.65. The number of halogens is 1. The van der Waals surface area contributed by atoms with Crippen molar-refractivity contribution in [3.63, 3.8) is 0 Å². The highest BCUT2D eigenvalue weighted by atomic mass is 19.1. The molecular weight excluding hydrogens is 385 g/mol. The number of rotatable bonds is 5. The van der Waals surface area contributed by atoms with E-state index in [2.05, 4.69) is 9.97 Å². The number of nitrogens with zero attached hydrogens (tertiary/aromatic N) is 2. The summed E-state index contributed by atoms with van der Waals surface area (Å²) in [5.41, 5.74) is 8.47. The van der Waals surface area contributed by atoms with Gasteiger partial charge in [0.1, 0.15) is 18.2 Å². The van der Waals surface area contributed by atoms with E-state index in [-0.39, 0.29) is 29.7 Å². The van der Waals surface area contributed by atoms with Crippen molar-refractivity contribution < 1.29 is 18.7 Å². The molecule has 0 saturated heterocycles. The van der Waals surface area contributed by atoms with Gasteiger partial charge in [0.05, 0.1) is 7.11 Å². The van der Waals surface area contributed by atoms with Gasteiger partial charge in [0.2, 0.25) is 0 Å². The minimum absolute atomic E-state index is 0.0310. The quantitative estimate of drug-likeness (QED) is 0.498. The van der Waals surface area contributed by atoms with Crippen LogP contribution in [0.2, 0.25) is 0 Å². The number of benzene rings is 2. The smallest absolute Gasteiger partial charge is 0.360 e. The predicted octanol–water partition coefficient (Wildman–Crippen LogP) is 4.38. The lowest BCUT2D eigenvalue weighted by Gasteiger charge is -2.16. The summed E-state index contributed by atoms with van der Waals surface area (Å²) in [6, 6.07) is 15.5. The second kappa shape index (κ2) is 8.16. The highest BCUT2D eigenvalue weighted by Gasteiger charge is 2.23. The number of carbonyl (C=O) groups is 1. The van der Waals surface area contributed by atoms with Crippen molar-refractivity contribution in [3.8, 4) is 16.9 Å². The Morgan fingerprint density at radius 2 is 1.80 bits per heavy atom. The first-order valence-electron chi connectivity index (χ1n) is 9.16. The number of carbonyl (C=O) groups excluding carboxylic acids is 1. The Hall–Kier alpha value is -4.00. The first kappa shape index (κ1) is 19.3. The van der Waals surface area contributed by atoms with Crippen molar-refractivity contribution in [3.05, 3.63) is 84.1 Å². The van der Waals surface area contributed by atoms with Gasteiger partial charge in [-0.3, -0.25) is 4.98 Å². The molecule has 0 atom stereocenters. The molecule has 4 rings (SSSR count). The van der Waals surface area contributed by atoms with Crippen LogP contribution in [0.5, 0.6) is 5.75 Å². The van der Waals surface area contributed by atoms with E-state index in [1.54, 1.807) is 24.5 Å². The van der Waals surface area contributed by atoms with Gasteiger partial charge in [-0.25, -0.2) is 14.2 Å². The van der Waals surface area contributed by atoms with Crippen molar-refractivity contribution in [1.82, 2.24) is 9.97 Å². The van der Waals surface area contributed by atoms with Gasteiger partial charge < -0.3 is 15.2 Å². The van der Waals surface area contributed by atoms with Gasteiger partial charge >= 0.3 is 5.97 Å². The fourth-order valence-electron chi connectivity index (χ4n) is 3.22. The Morgan fingerprint density at radius 1 is 1.07 bits per heavy atom. The maximum absolute atomic E-state index is 13.4. The summed E-state index contributed by atoms with van der Waals surface area (Å²) in [5, 5.41) is 1.08. The summed E-state index contributed by atoms with van der Waals surface area (Å²) in [6.07, 6.45) is 3.18. The zero-order valence-electron chi connectivity index (χ0n) is 16.1. The minimum Gasteiger partial charge on any atom is -0.486 e. The number of aromatic nitrogens is 2. The maximum Gasteiger partial charge on any atom is 0.360 e. The molecule has 2 heterocycles.